The first kappa shape index (κ1) is 22.7. The van der Waals surface area contributed by atoms with Crippen molar-refractivity contribution in [1.29, 1.82) is 0 Å². The lowest BCUT2D eigenvalue weighted by atomic mass is 10.1. The molecule has 0 unspecified atom stereocenters. The van der Waals surface area contributed by atoms with Crippen molar-refractivity contribution >= 4 is 11.9 Å². The second-order valence-electron chi connectivity index (χ2n) is 7.52. The van der Waals surface area contributed by atoms with E-state index in [1.54, 1.807) is 29.2 Å². The van der Waals surface area contributed by atoms with Crippen LogP contribution in [0, 0.1) is 5.82 Å². The Hall–Kier alpha value is -2.95. The molecule has 7 nitrogen and oxygen atoms in total. The van der Waals surface area contributed by atoms with Crippen LogP contribution in [-0.4, -0.2) is 67.9 Å². The van der Waals surface area contributed by atoms with Gasteiger partial charge in [0.1, 0.15) is 5.82 Å². The van der Waals surface area contributed by atoms with Crippen molar-refractivity contribution in [3.63, 3.8) is 0 Å². The molecule has 3 heterocycles. The van der Waals surface area contributed by atoms with E-state index in [0.717, 1.165) is 38.0 Å². The molecule has 0 bridgehead atoms. The first-order valence-electron chi connectivity index (χ1n) is 9.64. The lowest BCUT2D eigenvalue weighted by molar-refractivity contribution is -0.192. The Bertz CT molecular complexity index is 947. The summed E-state index contributed by atoms with van der Waals surface area (Å²) >= 11 is 0. The van der Waals surface area contributed by atoms with Crippen molar-refractivity contribution in [2.45, 2.75) is 37.6 Å². The highest BCUT2D eigenvalue weighted by atomic mass is 19.4. The van der Waals surface area contributed by atoms with Gasteiger partial charge in [-0.1, -0.05) is 12.1 Å². The van der Waals surface area contributed by atoms with E-state index in [-0.39, 0.29) is 17.8 Å². The van der Waals surface area contributed by atoms with Gasteiger partial charge in [0.05, 0.1) is 11.8 Å². The molecule has 2 saturated heterocycles. The Kier molecular flexibility index (Phi) is 6.63. The van der Waals surface area contributed by atoms with Crippen molar-refractivity contribution in [2.75, 3.05) is 13.1 Å². The normalized spacial score (nSPS) is 20.9. The number of aryl methyl sites for hydroxylation is 1. The highest BCUT2D eigenvalue weighted by Gasteiger charge is 2.44. The lowest BCUT2D eigenvalue weighted by Crippen LogP contribution is -2.39. The summed E-state index contributed by atoms with van der Waals surface area (Å²) in [6.45, 7) is 2.47. The van der Waals surface area contributed by atoms with Gasteiger partial charge in [-0.25, -0.2) is 9.18 Å². The molecule has 11 heteroatoms. The molecular formula is C20H22F4N4O3. The highest BCUT2D eigenvalue weighted by molar-refractivity contribution is 5.94. The van der Waals surface area contributed by atoms with Crippen LogP contribution in [0.1, 0.15) is 28.8 Å². The molecule has 2 atom stereocenters. The largest absolute Gasteiger partial charge is 0.490 e. The summed E-state index contributed by atoms with van der Waals surface area (Å²) in [4.78, 5) is 26.0. The summed E-state index contributed by atoms with van der Waals surface area (Å²) in [6, 6.07) is 7.41. The number of benzene rings is 1. The van der Waals surface area contributed by atoms with Crippen LogP contribution in [0.2, 0.25) is 0 Å². The fourth-order valence-corrected chi connectivity index (χ4v) is 4.09. The number of alkyl halides is 3. The van der Waals surface area contributed by atoms with Gasteiger partial charge in [-0.2, -0.15) is 18.3 Å². The third-order valence-corrected chi connectivity index (χ3v) is 5.42. The van der Waals surface area contributed by atoms with Gasteiger partial charge in [-0.3, -0.25) is 14.4 Å². The number of rotatable bonds is 3. The number of hydrogen-bond donors (Lipinski definition) is 1. The molecule has 0 aliphatic carbocycles. The van der Waals surface area contributed by atoms with Crippen LogP contribution in [0.5, 0.6) is 0 Å². The molecule has 1 aromatic heterocycles. The zero-order chi connectivity index (χ0) is 22.8. The number of carbonyl (C=O) groups is 2. The molecule has 31 heavy (non-hydrogen) atoms. The molecule has 168 valence electrons. The molecule has 2 aliphatic rings. The maximum atomic E-state index is 13.4. The molecule has 1 aromatic carbocycles. The lowest BCUT2D eigenvalue weighted by Gasteiger charge is -2.25. The van der Waals surface area contributed by atoms with Crippen LogP contribution in [0.4, 0.5) is 17.6 Å². The van der Waals surface area contributed by atoms with E-state index in [9.17, 15) is 22.4 Å². The number of amides is 1. The number of aromatic nitrogens is 2. The second-order valence-corrected chi connectivity index (χ2v) is 7.52. The molecule has 0 spiro atoms. The summed E-state index contributed by atoms with van der Waals surface area (Å²) in [5, 5.41) is 11.2. The van der Waals surface area contributed by atoms with Gasteiger partial charge in [-0.15, -0.1) is 0 Å². The standard InChI is InChI=1S/C18H21FN4O.C2HF3O2/c1-21-12-14(10-20-21)18(24)23-8-6-16-17(23)5-7-22(16)11-13-3-2-4-15(19)9-13;3-2(4,5)1(6)7/h2-4,9-10,12,16-17H,5-8,11H2,1H3;(H,6,7)/t16-,17+;/m1./s1. The number of fused-ring (bicyclic) bond motifs is 1. The van der Waals surface area contributed by atoms with E-state index < -0.39 is 12.1 Å². The third-order valence-electron chi connectivity index (χ3n) is 5.42. The Balaban J connectivity index is 0.000000339. The summed E-state index contributed by atoms with van der Waals surface area (Å²) in [5.41, 5.74) is 1.65. The predicted octanol–water partition coefficient (Wildman–Crippen LogP) is 2.68. The summed E-state index contributed by atoms with van der Waals surface area (Å²) in [5.74, 6) is -2.88. The molecule has 2 fully saturated rings. The van der Waals surface area contributed by atoms with Gasteiger partial charge < -0.3 is 10.0 Å². The van der Waals surface area contributed by atoms with Gasteiger partial charge in [-0.05, 0) is 30.5 Å². The Morgan fingerprint density at radius 3 is 2.45 bits per heavy atom. The van der Waals surface area contributed by atoms with Crippen molar-refractivity contribution in [3.8, 4) is 0 Å². The Morgan fingerprint density at radius 2 is 1.87 bits per heavy atom. The number of carbonyl (C=O) groups excluding carboxylic acids is 1. The fourth-order valence-electron chi connectivity index (χ4n) is 4.09. The number of aliphatic carboxylic acids is 1. The number of likely N-dealkylation sites (tertiary alicyclic amines) is 2. The SMILES string of the molecule is Cn1cc(C(=O)N2CC[C@@H]3[C@@H]2CCN3Cc2cccc(F)c2)cn1.O=C(O)C(F)(F)F. The van der Waals surface area contributed by atoms with Crippen LogP contribution in [0.25, 0.3) is 0 Å². The number of carboxylic acids is 1. The van der Waals surface area contributed by atoms with Crippen LogP contribution in [0.3, 0.4) is 0 Å². The van der Waals surface area contributed by atoms with Gasteiger partial charge >= 0.3 is 12.1 Å². The molecule has 2 aromatic rings. The average Bonchev–Trinajstić information content (AvgIpc) is 3.39. The van der Waals surface area contributed by atoms with E-state index >= 15 is 0 Å². The fraction of sp³-hybridized carbons (Fsp3) is 0.450. The molecule has 2 aliphatic heterocycles. The van der Waals surface area contributed by atoms with Crippen LogP contribution in [0.15, 0.2) is 36.7 Å². The first-order valence-corrected chi connectivity index (χ1v) is 9.64. The maximum absolute atomic E-state index is 13.4. The predicted molar refractivity (Wildman–Crippen MR) is 102 cm³/mol. The molecule has 0 radical (unpaired) electrons. The maximum Gasteiger partial charge on any atom is 0.490 e. The van der Waals surface area contributed by atoms with Crippen LogP contribution in [-0.2, 0) is 18.4 Å². The minimum Gasteiger partial charge on any atom is -0.475 e. The molecular weight excluding hydrogens is 420 g/mol. The van der Waals surface area contributed by atoms with Gasteiger partial charge in [0, 0.05) is 45.0 Å². The topological polar surface area (TPSA) is 78.7 Å². The minimum atomic E-state index is -5.08. The van der Waals surface area contributed by atoms with E-state index in [1.807, 2.05) is 18.0 Å². The van der Waals surface area contributed by atoms with Gasteiger partial charge in [0.2, 0.25) is 0 Å². The van der Waals surface area contributed by atoms with Crippen molar-refractivity contribution in [2.24, 2.45) is 7.05 Å². The minimum absolute atomic E-state index is 0.0724. The summed E-state index contributed by atoms with van der Waals surface area (Å²) < 4.78 is 46.8. The zero-order valence-electron chi connectivity index (χ0n) is 16.7. The Morgan fingerprint density at radius 1 is 1.19 bits per heavy atom. The Labute approximate surface area is 175 Å². The van der Waals surface area contributed by atoms with E-state index in [2.05, 4.69) is 10.00 Å². The smallest absolute Gasteiger partial charge is 0.475 e. The first-order chi connectivity index (χ1) is 14.6. The molecule has 1 N–H and O–H groups in total. The summed E-state index contributed by atoms with van der Waals surface area (Å²) in [7, 11) is 1.82. The number of nitrogens with zero attached hydrogens (tertiary/aromatic N) is 4. The number of halogens is 4. The molecule has 4 rings (SSSR count). The van der Waals surface area contributed by atoms with Crippen LogP contribution < -0.4 is 0 Å². The van der Waals surface area contributed by atoms with Gasteiger partial charge in [0.25, 0.3) is 5.91 Å². The molecule has 0 saturated carbocycles. The average molecular weight is 442 g/mol. The zero-order valence-corrected chi connectivity index (χ0v) is 16.7. The van der Waals surface area contributed by atoms with E-state index in [1.165, 1.54) is 6.07 Å². The van der Waals surface area contributed by atoms with Gasteiger partial charge in [0.15, 0.2) is 0 Å². The second kappa shape index (κ2) is 9.04. The van der Waals surface area contributed by atoms with E-state index in [4.69, 9.17) is 9.90 Å². The number of hydrogen-bond acceptors (Lipinski definition) is 4. The highest BCUT2D eigenvalue weighted by Crippen LogP contribution is 2.33. The van der Waals surface area contributed by atoms with Crippen molar-refractivity contribution in [3.05, 3.63) is 53.6 Å². The quantitative estimate of drug-likeness (QED) is 0.740. The number of carboxylic acid groups (broad SMARTS) is 1. The van der Waals surface area contributed by atoms with E-state index in [0.29, 0.717) is 11.6 Å². The summed E-state index contributed by atoms with van der Waals surface area (Å²) in [6.07, 6.45) is 0.280. The monoisotopic (exact) mass is 442 g/mol. The van der Waals surface area contributed by atoms with Crippen molar-refractivity contribution < 1.29 is 32.3 Å². The third kappa shape index (κ3) is 5.40. The molecule has 1 amide bonds. The van der Waals surface area contributed by atoms with Crippen LogP contribution >= 0.6 is 0 Å². The van der Waals surface area contributed by atoms with Crippen molar-refractivity contribution in [1.82, 2.24) is 19.6 Å².